The molecule has 4 aromatic rings. The molecule has 0 fully saturated rings. The molecule has 2 aromatic heterocycles. The number of pyridine rings is 1. The largest absolute Gasteiger partial charge is 0.487 e. The third-order valence-corrected chi connectivity index (χ3v) is 5.82. The highest BCUT2D eigenvalue weighted by atomic mass is 35.5. The maximum absolute atomic E-state index is 13.4. The molecular weight excluding hydrogens is 535 g/mol. The van der Waals surface area contributed by atoms with Crippen molar-refractivity contribution in [2.75, 3.05) is 25.5 Å². The average molecular weight is 561 g/mol. The fraction of sp³-hybridized carbons (Fsp3) is 0.172. The van der Waals surface area contributed by atoms with Crippen molar-refractivity contribution in [2.45, 2.75) is 13.2 Å². The van der Waals surface area contributed by atoms with Gasteiger partial charge in [-0.2, -0.15) is 0 Å². The van der Waals surface area contributed by atoms with E-state index in [4.69, 9.17) is 21.4 Å². The van der Waals surface area contributed by atoms with Crippen molar-refractivity contribution in [1.82, 2.24) is 25.2 Å². The molecule has 9 nitrogen and oxygen atoms in total. The van der Waals surface area contributed by atoms with Gasteiger partial charge in [0.1, 0.15) is 36.0 Å². The Bertz CT molecular complexity index is 1540. The second kappa shape index (κ2) is 13.9. The van der Waals surface area contributed by atoms with Gasteiger partial charge in [-0.25, -0.2) is 24.1 Å². The van der Waals surface area contributed by atoms with Crippen molar-refractivity contribution >= 4 is 29.1 Å². The monoisotopic (exact) mass is 560 g/mol. The summed E-state index contributed by atoms with van der Waals surface area (Å²) in [5, 5.41) is 15.3. The third-order valence-electron chi connectivity index (χ3n) is 5.53. The van der Waals surface area contributed by atoms with Gasteiger partial charge in [0.2, 0.25) is 0 Å². The van der Waals surface area contributed by atoms with Crippen molar-refractivity contribution in [3.8, 4) is 17.6 Å². The number of amides is 2. The summed E-state index contributed by atoms with van der Waals surface area (Å²) in [5.41, 5.74) is 3.03. The van der Waals surface area contributed by atoms with Gasteiger partial charge in [-0.15, -0.1) is 0 Å². The minimum Gasteiger partial charge on any atom is -0.487 e. The van der Waals surface area contributed by atoms with E-state index in [1.807, 2.05) is 0 Å². The molecule has 2 heterocycles. The fourth-order valence-electron chi connectivity index (χ4n) is 3.47. The number of urea groups is 1. The molecule has 2 amide bonds. The highest BCUT2D eigenvalue weighted by molar-refractivity contribution is 6.32. The molecule has 4 rings (SSSR count). The number of carbonyl (C=O) groups excluding carboxylic acids is 1. The summed E-state index contributed by atoms with van der Waals surface area (Å²) in [6.07, 6.45) is 2.99. The van der Waals surface area contributed by atoms with Crippen LogP contribution < -0.4 is 15.4 Å². The zero-order chi connectivity index (χ0) is 28.3. The van der Waals surface area contributed by atoms with Gasteiger partial charge in [-0.1, -0.05) is 35.7 Å². The molecule has 40 heavy (non-hydrogen) atoms. The standard InChI is InChI=1S/C29H26ClFN6O3/c1-37(12-13-38)29(39)33-17-25-7-3-6-23(35-25)9-8-21-16-32-19-34-28(21)36-24-10-11-27(26(30)15-24)40-18-20-4-2-5-22(31)14-20/h2-7,10-11,14-16,19,38H,12-13,17-18H2,1H3,(H,33,39)(H,32,34,36). The molecular formula is C29H26ClFN6O3. The van der Waals surface area contributed by atoms with Gasteiger partial charge in [0.05, 0.1) is 29.4 Å². The molecule has 0 atom stereocenters. The zero-order valence-electron chi connectivity index (χ0n) is 21.6. The van der Waals surface area contributed by atoms with Gasteiger partial charge in [-0.3, -0.25) is 0 Å². The van der Waals surface area contributed by atoms with E-state index in [0.29, 0.717) is 44.8 Å². The number of hydrogen-bond acceptors (Lipinski definition) is 7. The van der Waals surface area contributed by atoms with Crippen molar-refractivity contribution in [3.05, 3.63) is 107 Å². The fourth-order valence-corrected chi connectivity index (χ4v) is 3.71. The van der Waals surface area contributed by atoms with Gasteiger partial charge in [0, 0.05) is 25.5 Å². The Labute approximate surface area is 236 Å². The Morgan fingerprint density at radius 1 is 1.15 bits per heavy atom. The Balaban J connectivity index is 1.41. The minimum absolute atomic E-state index is 0.113. The first-order valence-electron chi connectivity index (χ1n) is 12.2. The number of aliphatic hydroxyl groups is 1. The Kier molecular flexibility index (Phi) is 9.83. The number of aliphatic hydroxyl groups excluding tert-OH is 1. The SMILES string of the molecule is CN(CCO)C(=O)NCc1cccc(C#Cc2cncnc2Nc2ccc(OCc3cccc(F)c3)c(Cl)c2)n1. The van der Waals surface area contributed by atoms with E-state index in [1.54, 1.807) is 61.8 Å². The van der Waals surface area contributed by atoms with Gasteiger partial charge >= 0.3 is 6.03 Å². The van der Waals surface area contributed by atoms with Crippen LogP contribution >= 0.6 is 11.6 Å². The van der Waals surface area contributed by atoms with Crippen LogP contribution in [-0.4, -0.2) is 51.2 Å². The van der Waals surface area contributed by atoms with Crippen molar-refractivity contribution in [1.29, 1.82) is 0 Å². The number of aromatic nitrogens is 3. The molecule has 0 aliphatic rings. The molecule has 204 valence electrons. The van der Waals surface area contributed by atoms with E-state index in [-0.39, 0.29) is 38.2 Å². The molecule has 0 bridgehead atoms. The Morgan fingerprint density at radius 3 is 2.80 bits per heavy atom. The normalized spacial score (nSPS) is 10.3. The number of anilines is 2. The van der Waals surface area contributed by atoms with Crippen molar-refractivity contribution in [3.63, 3.8) is 0 Å². The maximum Gasteiger partial charge on any atom is 0.317 e. The lowest BCUT2D eigenvalue weighted by Gasteiger charge is -2.16. The molecule has 11 heteroatoms. The van der Waals surface area contributed by atoms with Crippen LogP contribution in [0.4, 0.5) is 20.7 Å². The van der Waals surface area contributed by atoms with Crippen LogP contribution in [0.15, 0.2) is 73.2 Å². The summed E-state index contributed by atoms with van der Waals surface area (Å²) < 4.78 is 19.1. The summed E-state index contributed by atoms with van der Waals surface area (Å²) in [4.78, 5) is 26.3. The number of nitrogens with zero attached hydrogens (tertiary/aromatic N) is 4. The van der Waals surface area contributed by atoms with Crippen LogP contribution in [-0.2, 0) is 13.2 Å². The number of likely N-dealkylation sites (N-methyl/N-ethyl adjacent to an activating group) is 1. The summed E-state index contributed by atoms with van der Waals surface area (Å²) in [7, 11) is 1.60. The predicted molar refractivity (Wildman–Crippen MR) is 150 cm³/mol. The number of rotatable bonds is 9. The Hall–Kier alpha value is -4.72. The van der Waals surface area contributed by atoms with Crippen LogP contribution in [0.5, 0.6) is 5.75 Å². The third kappa shape index (κ3) is 8.14. The Morgan fingerprint density at radius 2 is 2.00 bits per heavy atom. The average Bonchev–Trinajstić information content (AvgIpc) is 2.95. The number of ether oxygens (including phenoxy) is 1. The first kappa shape index (κ1) is 28.3. The van der Waals surface area contributed by atoms with Crippen molar-refractivity contribution in [2.24, 2.45) is 0 Å². The summed E-state index contributed by atoms with van der Waals surface area (Å²) in [6, 6.07) is 16.4. The molecule has 3 N–H and O–H groups in total. The van der Waals surface area contributed by atoms with Gasteiger partial charge in [-0.05, 0) is 53.9 Å². The van der Waals surface area contributed by atoms with Crippen LogP contribution in [0.1, 0.15) is 22.5 Å². The lowest BCUT2D eigenvalue weighted by atomic mass is 10.2. The van der Waals surface area contributed by atoms with E-state index in [0.717, 1.165) is 0 Å². The molecule has 0 radical (unpaired) electrons. The molecule has 2 aromatic carbocycles. The second-order valence-corrected chi connectivity index (χ2v) is 8.95. The van der Waals surface area contributed by atoms with Crippen LogP contribution in [0, 0.1) is 17.7 Å². The van der Waals surface area contributed by atoms with Gasteiger partial charge in [0.25, 0.3) is 0 Å². The quantitative estimate of drug-likeness (QED) is 0.258. The van der Waals surface area contributed by atoms with E-state index in [2.05, 4.69) is 37.4 Å². The minimum atomic E-state index is -0.328. The maximum atomic E-state index is 13.4. The van der Waals surface area contributed by atoms with Crippen LogP contribution in [0.3, 0.4) is 0 Å². The van der Waals surface area contributed by atoms with E-state index < -0.39 is 0 Å². The molecule has 0 aliphatic heterocycles. The van der Waals surface area contributed by atoms with E-state index in [9.17, 15) is 9.18 Å². The predicted octanol–water partition coefficient (Wildman–Crippen LogP) is 4.52. The lowest BCUT2D eigenvalue weighted by molar-refractivity contribution is 0.190. The topological polar surface area (TPSA) is 113 Å². The van der Waals surface area contributed by atoms with Crippen LogP contribution in [0.25, 0.3) is 0 Å². The summed E-state index contributed by atoms with van der Waals surface area (Å²) in [6.45, 7) is 0.519. The highest BCUT2D eigenvalue weighted by Crippen LogP contribution is 2.30. The van der Waals surface area contributed by atoms with Crippen molar-refractivity contribution < 1.29 is 19.0 Å². The first-order valence-corrected chi connectivity index (χ1v) is 12.6. The summed E-state index contributed by atoms with van der Waals surface area (Å²) >= 11 is 6.42. The first-order chi connectivity index (χ1) is 19.4. The zero-order valence-corrected chi connectivity index (χ0v) is 22.3. The smallest absolute Gasteiger partial charge is 0.317 e. The number of hydrogen-bond donors (Lipinski definition) is 3. The number of nitrogens with one attached hydrogen (secondary N) is 2. The molecule has 0 unspecified atom stereocenters. The second-order valence-electron chi connectivity index (χ2n) is 8.54. The highest BCUT2D eigenvalue weighted by Gasteiger charge is 2.09. The molecule has 0 aliphatic carbocycles. The van der Waals surface area contributed by atoms with E-state index in [1.165, 1.54) is 23.4 Å². The number of halogens is 2. The lowest BCUT2D eigenvalue weighted by Crippen LogP contribution is -2.38. The molecule has 0 saturated heterocycles. The van der Waals surface area contributed by atoms with Gasteiger partial charge in [0.15, 0.2) is 0 Å². The molecule has 0 saturated carbocycles. The number of benzene rings is 2. The van der Waals surface area contributed by atoms with E-state index >= 15 is 0 Å². The van der Waals surface area contributed by atoms with Gasteiger partial charge < -0.3 is 25.4 Å². The number of carbonyl (C=O) groups is 1. The summed E-state index contributed by atoms with van der Waals surface area (Å²) in [5.74, 6) is 6.65. The van der Waals surface area contributed by atoms with Crippen LogP contribution in [0.2, 0.25) is 5.02 Å². The molecule has 0 spiro atoms.